The third-order valence-electron chi connectivity index (χ3n) is 5.42. The van der Waals surface area contributed by atoms with Crippen LogP contribution in [0.4, 0.5) is 14.5 Å². The number of halogens is 2. The molecule has 2 amide bonds. The van der Waals surface area contributed by atoms with Gasteiger partial charge >= 0.3 is 5.97 Å². The molecule has 38 heavy (non-hydrogen) atoms. The van der Waals surface area contributed by atoms with Crippen LogP contribution in [0.3, 0.4) is 0 Å². The number of anilines is 1. The van der Waals surface area contributed by atoms with Crippen LogP contribution in [0, 0.1) is 11.6 Å². The predicted octanol–water partition coefficient (Wildman–Crippen LogP) is 4.96. The van der Waals surface area contributed by atoms with Crippen LogP contribution < -0.4 is 10.1 Å². The highest BCUT2D eigenvalue weighted by atomic mass is 32.2. The van der Waals surface area contributed by atoms with Gasteiger partial charge in [0.05, 0.1) is 34.7 Å². The molecule has 1 aliphatic rings. The Hall–Kier alpha value is -4.16. The van der Waals surface area contributed by atoms with E-state index in [1.54, 1.807) is 18.2 Å². The van der Waals surface area contributed by atoms with Gasteiger partial charge in [-0.15, -0.1) is 0 Å². The van der Waals surface area contributed by atoms with E-state index < -0.39 is 29.4 Å². The number of carboxylic acid groups (broad SMARTS) is 1. The van der Waals surface area contributed by atoms with Crippen molar-refractivity contribution in [1.29, 1.82) is 0 Å². The molecule has 2 heterocycles. The number of amides is 2. The van der Waals surface area contributed by atoms with Crippen molar-refractivity contribution in [3.05, 3.63) is 82.4 Å². The van der Waals surface area contributed by atoms with Gasteiger partial charge < -0.3 is 15.2 Å². The lowest BCUT2D eigenvalue weighted by Gasteiger charge is -2.15. The fraction of sp³-hybridized carbons (Fsp3) is 0.115. The van der Waals surface area contributed by atoms with Crippen LogP contribution >= 0.6 is 24.0 Å². The Morgan fingerprint density at radius 3 is 2.66 bits per heavy atom. The first-order valence-corrected chi connectivity index (χ1v) is 12.3. The van der Waals surface area contributed by atoms with Gasteiger partial charge in [-0.05, 0) is 54.6 Å². The van der Waals surface area contributed by atoms with Crippen LogP contribution in [0.25, 0.3) is 17.3 Å². The Morgan fingerprint density at radius 2 is 1.95 bits per heavy atom. The van der Waals surface area contributed by atoms with Crippen molar-refractivity contribution in [2.75, 3.05) is 19.0 Å². The van der Waals surface area contributed by atoms with E-state index in [0.29, 0.717) is 27.5 Å². The van der Waals surface area contributed by atoms with Gasteiger partial charge in [-0.1, -0.05) is 30.0 Å². The molecule has 1 saturated heterocycles. The second kappa shape index (κ2) is 11.5. The molecule has 1 fully saturated rings. The summed E-state index contributed by atoms with van der Waals surface area (Å²) < 4.78 is 32.3. The number of aromatic nitrogens is 1. The van der Waals surface area contributed by atoms with Gasteiger partial charge in [-0.25, -0.2) is 18.6 Å². The second-order valence-corrected chi connectivity index (χ2v) is 9.60. The number of hydrogen-bond donors (Lipinski definition) is 2. The Bertz CT molecular complexity index is 1500. The van der Waals surface area contributed by atoms with Crippen molar-refractivity contribution in [3.8, 4) is 17.0 Å². The van der Waals surface area contributed by atoms with Crippen LogP contribution in [0.1, 0.15) is 22.5 Å². The lowest BCUT2D eigenvalue weighted by molar-refractivity contribution is -0.122. The summed E-state index contributed by atoms with van der Waals surface area (Å²) in [6.07, 6.45) is 1.46. The number of aromatic carboxylic acids is 1. The third-order valence-corrected chi connectivity index (χ3v) is 6.80. The summed E-state index contributed by atoms with van der Waals surface area (Å²) in [5.74, 6) is -3.71. The summed E-state index contributed by atoms with van der Waals surface area (Å²) in [5.41, 5.74) is 1.50. The lowest BCUT2D eigenvalue weighted by Crippen LogP contribution is -2.31. The van der Waals surface area contributed by atoms with Gasteiger partial charge in [-0.3, -0.25) is 14.5 Å². The number of carbonyl (C=O) groups is 3. The normalized spacial score (nSPS) is 14.2. The minimum atomic E-state index is -1.13. The van der Waals surface area contributed by atoms with E-state index in [2.05, 4.69) is 10.3 Å². The molecule has 3 aromatic rings. The quantitative estimate of drug-likeness (QED) is 0.297. The van der Waals surface area contributed by atoms with Crippen molar-refractivity contribution in [3.63, 3.8) is 0 Å². The fourth-order valence-electron chi connectivity index (χ4n) is 3.53. The molecular formula is C26H19F2N3O5S2. The first kappa shape index (κ1) is 26.9. The molecule has 1 aliphatic heterocycles. The number of benzene rings is 2. The molecule has 2 N–H and O–H groups in total. The number of carboxylic acids is 1. The number of nitrogens with zero attached hydrogens (tertiary/aromatic N) is 2. The number of carbonyl (C=O) groups excluding carboxylic acids is 2. The summed E-state index contributed by atoms with van der Waals surface area (Å²) in [6, 6.07) is 12.5. The van der Waals surface area contributed by atoms with Gasteiger partial charge in [0, 0.05) is 18.5 Å². The molecule has 194 valence electrons. The van der Waals surface area contributed by atoms with E-state index in [1.165, 1.54) is 42.4 Å². The van der Waals surface area contributed by atoms with E-state index in [-0.39, 0.29) is 28.6 Å². The van der Waals surface area contributed by atoms with E-state index >= 15 is 0 Å². The molecule has 0 bridgehead atoms. The van der Waals surface area contributed by atoms with Crippen molar-refractivity contribution >= 4 is 57.8 Å². The largest absolute Gasteiger partial charge is 0.495 e. The van der Waals surface area contributed by atoms with E-state index in [9.17, 15) is 23.2 Å². The number of pyridine rings is 1. The van der Waals surface area contributed by atoms with Gasteiger partial charge in [0.1, 0.15) is 10.1 Å². The molecule has 1 aromatic heterocycles. The second-order valence-electron chi connectivity index (χ2n) is 7.93. The summed E-state index contributed by atoms with van der Waals surface area (Å²) in [4.78, 5) is 42.6. The zero-order valence-electron chi connectivity index (χ0n) is 19.7. The molecule has 0 spiro atoms. The number of thiocarbonyl (C=S) groups is 1. The molecule has 0 unspecified atom stereocenters. The average Bonchev–Trinajstić information content (AvgIpc) is 3.16. The fourth-order valence-corrected chi connectivity index (χ4v) is 4.82. The van der Waals surface area contributed by atoms with E-state index in [0.717, 1.165) is 23.9 Å². The van der Waals surface area contributed by atoms with Crippen molar-refractivity contribution < 1.29 is 33.0 Å². The van der Waals surface area contributed by atoms with Crippen molar-refractivity contribution in [1.82, 2.24) is 9.88 Å². The Morgan fingerprint density at radius 1 is 1.16 bits per heavy atom. The highest BCUT2D eigenvalue weighted by molar-refractivity contribution is 8.26. The topological polar surface area (TPSA) is 109 Å². The summed E-state index contributed by atoms with van der Waals surface area (Å²) in [6.45, 7) is 0.0195. The minimum absolute atomic E-state index is 0.00839. The molecule has 0 atom stereocenters. The Kier molecular flexibility index (Phi) is 8.13. The first-order valence-electron chi connectivity index (χ1n) is 11.1. The maximum absolute atomic E-state index is 13.6. The monoisotopic (exact) mass is 555 g/mol. The number of rotatable bonds is 8. The molecule has 0 saturated carbocycles. The maximum Gasteiger partial charge on any atom is 0.335 e. The van der Waals surface area contributed by atoms with Crippen molar-refractivity contribution in [2.45, 2.75) is 6.42 Å². The molecule has 0 aliphatic carbocycles. The molecule has 4 rings (SSSR count). The summed E-state index contributed by atoms with van der Waals surface area (Å²) >= 11 is 6.38. The predicted molar refractivity (Wildman–Crippen MR) is 143 cm³/mol. The van der Waals surface area contributed by atoms with Gasteiger partial charge in [0.2, 0.25) is 5.91 Å². The number of methoxy groups -OCH3 is 1. The molecule has 0 radical (unpaired) electrons. The van der Waals surface area contributed by atoms with Crippen molar-refractivity contribution in [2.24, 2.45) is 0 Å². The molecule has 2 aromatic carbocycles. The van der Waals surface area contributed by atoms with E-state index in [1.807, 2.05) is 0 Å². The standard InChI is InChI=1S/C26H19F2N3O5S2/c1-36-21-12-15(25(34)35)6-8-20(21)30-23(32)9-10-31-24(33)22(38-26(31)37)13-16-3-2-4-19(29-16)14-5-7-17(27)18(28)11-14/h2-8,11-13H,9-10H2,1H3,(H,30,32)(H,34,35)/b22-13-. The highest BCUT2D eigenvalue weighted by Gasteiger charge is 2.32. The van der Waals surface area contributed by atoms with Crippen LogP contribution in [0.5, 0.6) is 5.75 Å². The Balaban J connectivity index is 1.42. The maximum atomic E-state index is 13.6. The zero-order valence-corrected chi connectivity index (χ0v) is 21.4. The third kappa shape index (κ3) is 6.03. The lowest BCUT2D eigenvalue weighted by atomic mass is 10.1. The Labute approximate surface area is 225 Å². The van der Waals surface area contributed by atoms with E-state index in [4.69, 9.17) is 22.1 Å². The van der Waals surface area contributed by atoms with Gasteiger partial charge in [-0.2, -0.15) is 0 Å². The average molecular weight is 556 g/mol. The number of thioether (sulfide) groups is 1. The van der Waals surface area contributed by atoms with Crippen LogP contribution in [0.2, 0.25) is 0 Å². The first-order chi connectivity index (χ1) is 18.2. The van der Waals surface area contributed by atoms with Crippen LogP contribution in [0.15, 0.2) is 59.5 Å². The minimum Gasteiger partial charge on any atom is -0.495 e. The molecule has 12 heteroatoms. The van der Waals surface area contributed by atoms with Crippen LogP contribution in [-0.4, -0.2) is 50.7 Å². The van der Waals surface area contributed by atoms with Gasteiger partial charge in [0.15, 0.2) is 11.6 Å². The highest BCUT2D eigenvalue weighted by Crippen LogP contribution is 2.33. The number of ether oxygens (including phenoxy) is 1. The summed E-state index contributed by atoms with van der Waals surface area (Å²) in [7, 11) is 1.35. The molecule has 8 nitrogen and oxygen atoms in total. The van der Waals surface area contributed by atoms with Crippen LogP contribution in [-0.2, 0) is 9.59 Å². The van der Waals surface area contributed by atoms with Gasteiger partial charge in [0.25, 0.3) is 5.91 Å². The smallest absolute Gasteiger partial charge is 0.335 e. The molecular weight excluding hydrogens is 536 g/mol. The number of nitrogens with one attached hydrogen (secondary N) is 1. The summed E-state index contributed by atoms with van der Waals surface area (Å²) in [5, 5.41) is 11.7. The number of hydrogen-bond acceptors (Lipinski definition) is 7. The zero-order chi connectivity index (χ0) is 27.4. The SMILES string of the molecule is COc1cc(C(=O)O)ccc1NC(=O)CCN1C(=O)/C(=C/c2cccc(-c3ccc(F)c(F)c3)n2)SC1=S.